The van der Waals surface area contributed by atoms with Crippen LogP contribution in [-0.4, -0.2) is 136 Å². The van der Waals surface area contributed by atoms with E-state index >= 15 is 0 Å². The van der Waals surface area contributed by atoms with Gasteiger partial charge in [-0.1, -0.05) is 20.3 Å². The lowest BCUT2D eigenvalue weighted by Gasteiger charge is -2.65. The number of ether oxygens (including phenoxy) is 3. The standard InChI is InChI=1S/C44H64N6O11S/c1-42-13-10-26(18-25(42)8-9-28-29(42)19-32(51)43(2)27(11-14-44(28,43)58)24-17-34(53)60-20-24)59-15-6-4-5-7-33(52)49-30(41(56)57)12-16-62(3)21-31-36(54)37(55)40(61-31)50-23-48-35-38(45)46-22-47-39(35)50/h17,22-23,25-32,36-37,40,51,54-55,58H,4-16,18-21H2,1-3H3,(H3-,45,46,47,49,52,56,57)/p+1/t25-,26-,27-,28?,29+,30+,31-,32-,36-,37-,40-,42+,43+,44+,62?/m1/s1. The second kappa shape index (κ2) is 17.9. The molecule has 0 radical (unpaired) electrons. The number of aromatic nitrogens is 4. The minimum absolute atomic E-state index is 0.00814. The number of amides is 1. The summed E-state index contributed by atoms with van der Waals surface area (Å²) in [5, 5.41) is 58.5. The average molecular weight is 886 g/mol. The number of cyclic esters (lactones) is 1. The van der Waals surface area contributed by atoms with Crippen LogP contribution in [0.1, 0.15) is 104 Å². The van der Waals surface area contributed by atoms with Crippen LogP contribution in [0.15, 0.2) is 24.3 Å². The number of hydrogen-bond donors (Lipinski definition) is 7. The topological polar surface area (TPSA) is 262 Å². The number of carboxylic acid groups (broad SMARTS) is 1. The van der Waals surface area contributed by atoms with E-state index in [1.807, 2.05) is 13.2 Å². The fourth-order valence-corrected chi connectivity index (χ4v) is 14.3. The smallest absolute Gasteiger partial charge is 0.331 e. The van der Waals surface area contributed by atoms with E-state index in [1.165, 1.54) is 17.2 Å². The van der Waals surface area contributed by atoms with E-state index in [0.717, 1.165) is 56.9 Å². The second-order valence-corrected chi connectivity index (χ2v) is 21.8. The Hall–Kier alpha value is -3.39. The molecule has 2 aromatic heterocycles. The van der Waals surface area contributed by atoms with Crippen LogP contribution < -0.4 is 11.1 Å². The number of nitrogens with one attached hydrogen (secondary N) is 1. The van der Waals surface area contributed by atoms with Gasteiger partial charge in [-0.2, -0.15) is 0 Å². The molecular formula is C44H65N6O11S+. The molecule has 6 aliphatic rings. The number of carbonyl (C=O) groups is 3. The van der Waals surface area contributed by atoms with Gasteiger partial charge in [-0.05, 0) is 110 Å². The van der Waals surface area contributed by atoms with Gasteiger partial charge in [-0.3, -0.25) is 9.36 Å². The summed E-state index contributed by atoms with van der Waals surface area (Å²) in [6, 6.07) is -1.04. The summed E-state index contributed by atoms with van der Waals surface area (Å²) in [6.07, 6.45) is 11.2. The molecule has 342 valence electrons. The highest BCUT2D eigenvalue weighted by molar-refractivity contribution is 7.96. The molecule has 4 aliphatic carbocycles. The van der Waals surface area contributed by atoms with Gasteiger partial charge < -0.3 is 50.8 Å². The summed E-state index contributed by atoms with van der Waals surface area (Å²) in [4.78, 5) is 49.2. The first-order valence-electron chi connectivity index (χ1n) is 22.5. The first-order valence-corrected chi connectivity index (χ1v) is 24.5. The van der Waals surface area contributed by atoms with Gasteiger partial charge in [0.15, 0.2) is 17.7 Å². The molecule has 0 bridgehead atoms. The molecule has 18 heteroatoms. The third kappa shape index (κ3) is 8.14. The number of nitrogen functional groups attached to an aromatic ring is 1. The fourth-order valence-electron chi connectivity index (χ4n) is 12.7. The minimum atomic E-state index is -1.24. The third-order valence-electron chi connectivity index (χ3n) is 16.3. The molecule has 15 atom stereocenters. The molecule has 0 aromatic carbocycles. The van der Waals surface area contributed by atoms with Crippen LogP contribution in [-0.2, 0) is 39.5 Å². The van der Waals surface area contributed by atoms with Gasteiger partial charge in [0.1, 0.15) is 54.3 Å². The fraction of sp³-hybridized carbons (Fsp3) is 0.773. The number of esters is 1. The van der Waals surface area contributed by atoms with Gasteiger partial charge >= 0.3 is 11.9 Å². The number of aliphatic hydroxyl groups is 4. The Kier molecular flexibility index (Phi) is 13.0. The molecule has 17 nitrogen and oxygen atoms in total. The molecule has 8 rings (SSSR count). The molecular weight excluding hydrogens is 821 g/mol. The van der Waals surface area contributed by atoms with Gasteiger partial charge in [0.05, 0.1) is 30.4 Å². The van der Waals surface area contributed by atoms with Crippen molar-refractivity contribution >= 4 is 45.7 Å². The van der Waals surface area contributed by atoms with Crippen LogP contribution >= 0.6 is 0 Å². The van der Waals surface area contributed by atoms with Crippen molar-refractivity contribution in [3.8, 4) is 0 Å². The van der Waals surface area contributed by atoms with Crippen LogP contribution in [0.5, 0.6) is 0 Å². The summed E-state index contributed by atoms with van der Waals surface area (Å²) >= 11 is 0. The highest BCUT2D eigenvalue weighted by Crippen LogP contribution is 2.70. The van der Waals surface area contributed by atoms with Crippen molar-refractivity contribution in [3.05, 3.63) is 24.3 Å². The molecule has 2 aromatic rings. The third-order valence-corrected chi connectivity index (χ3v) is 18.1. The van der Waals surface area contributed by atoms with Crippen LogP contribution in [0, 0.1) is 34.5 Å². The van der Waals surface area contributed by atoms with Crippen molar-refractivity contribution in [1.29, 1.82) is 0 Å². The van der Waals surface area contributed by atoms with E-state index in [2.05, 4.69) is 27.2 Å². The number of aliphatic hydroxyl groups excluding tert-OH is 3. The Labute approximate surface area is 364 Å². The number of nitrogens with zero attached hydrogens (tertiary/aromatic N) is 4. The van der Waals surface area contributed by atoms with Crippen molar-refractivity contribution in [2.24, 2.45) is 34.5 Å². The lowest BCUT2D eigenvalue weighted by atomic mass is 9.42. The first kappa shape index (κ1) is 45.2. The maximum absolute atomic E-state index is 12.8. The lowest BCUT2D eigenvalue weighted by Crippen LogP contribution is -2.67. The molecule has 4 saturated carbocycles. The van der Waals surface area contributed by atoms with Crippen LogP contribution in [0.4, 0.5) is 5.82 Å². The lowest BCUT2D eigenvalue weighted by molar-refractivity contribution is -0.245. The summed E-state index contributed by atoms with van der Waals surface area (Å²) in [5.74, 6) is 0.0215. The van der Waals surface area contributed by atoms with Crippen molar-refractivity contribution in [2.75, 3.05) is 36.7 Å². The van der Waals surface area contributed by atoms with Gasteiger partial charge in [0.2, 0.25) is 5.91 Å². The second-order valence-electron chi connectivity index (χ2n) is 19.5. The van der Waals surface area contributed by atoms with Crippen molar-refractivity contribution in [1.82, 2.24) is 24.8 Å². The Morgan fingerprint density at radius 3 is 2.61 bits per heavy atom. The van der Waals surface area contributed by atoms with E-state index in [-0.39, 0.29) is 66.4 Å². The van der Waals surface area contributed by atoms with Crippen molar-refractivity contribution < 1.29 is 54.1 Å². The number of unbranched alkanes of at least 4 members (excludes halogenated alkanes) is 2. The Balaban J connectivity index is 0.734. The molecule has 5 fully saturated rings. The molecule has 2 aliphatic heterocycles. The Morgan fingerprint density at radius 2 is 1.85 bits per heavy atom. The maximum Gasteiger partial charge on any atom is 0.331 e. The number of rotatable bonds is 16. The average Bonchev–Trinajstić information content (AvgIpc) is 4.00. The number of imidazole rings is 1. The molecule has 8 N–H and O–H groups in total. The van der Waals surface area contributed by atoms with Crippen molar-refractivity contribution in [2.45, 2.75) is 146 Å². The zero-order chi connectivity index (χ0) is 44.1. The SMILES string of the molecule is C[S+](CC[C@H](NC(=O)CCCCCO[C@@H]1CC[C@@]2(C)[C@H](CCC3[C@@H]2C[C@@H](O)[C@]2(C)[C@@H](C4=CC(=O)OC4)CC[C@]32O)C1)C(=O)O)C[C@H]1O[C@@H](n2cnc3c(N)ncnc32)[C@H](O)[C@@H]1O. The molecule has 4 heterocycles. The zero-order valence-corrected chi connectivity index (χ0v) is 36.9. The number of aliphatic carboxylic acids is 1. The van der Waals surface area contributed by atoms with E-state index < -0.39 is 64.6 Å². The van der Waals surface area contributed by atoms with Gasteiger partial charge in [0.25, 0.3) is 0 Å². The molecule has 0 spiro atoms. The largest absolute Gasteiger partial charge is 0.480 e. The highest BCUT2D eigenvalue weighted by Gasteiger charge is 2.70. The van der Waals surface area contributed by atoms with E-state index in [9.17, 15) is 39.9 Å². The maximum atomic E-state index is 12.8. The molecule has 62 heavy (non-hydrogen) atoms. The predicted octanol–water partition coefficient (Wildman–Crippen LogP) is 2.41. The Bertz CT molecular complexity index is 2020. The van der Waals surface area contributed by atoms with Crippen LogP contribution in [0.3, 0.4) is 0 Å². The number of nitrogens with two attached hydrogens (primary N) is 1. The van der Waals surface area contributed by atoms with Gasteiger partial charge in [0, 0.05) is 30.9 Å². The number of anilines is 1. The highest BCUT2D eigenvalue weighted by atomic mass is 32.2. The molecule has 1 amide bonds. The molecule has 1 saturated heterocycles. The van der Waals surface area contributed by atoms with Crippen molar-refractivity contribution in [3.63, 3.8) is 0 Å². The number of carboxylic acids is 1. The van der Waals surface area contributed by atoms with Gasteiger partial charge in [-0.15, -0.1) is 0 Å². The minimum Gasteiger partial charge on any atom is -0.480 e. The normalized spacial score (nSPS) is 38.8. The van der Waals surface area contributed by atoms with E-state index in [1.54, 1.807) is 6.08 Å². The zero-order valence-electron chi connectivity index (χ0n) is 36.1. The summed E-state index contributed by atoms with van der Waals surface area (Å²) in [7, 11) is -0.396. The Morgan fingerprint density at radius 1 is 1.05 bits per heavy atom. The number of hydrogen-bond acceptors (Lipinski definition) is 14. The quantitative estimate of drug-likeness (QED) is 0.0726. The first-order chi connectivity index (χ1) is 29.5. The van der Waals surface area contributed by atoms with Gasteiger partial charge in [-0.25, -0.2) is 24.5 Å². The molecule has 2 unspecified atom stereocenters. The monoisotopic (exact) mass is 885 g/mol. The predicted molar refractivity (Wildman–Crippen MR) is 228 cm³/mol. The van der Waals surface area contributed by atoms with E-state index in [0.29, 0.717) is 54.5 Å². The van der Waals surface area contributed by atoms with E-state index in [4.69, 9.17) is 19.9 Å². The number of carbonyl (C=O) groups excluding carboxylic acids is 2. The number of fused-ring (bicyclic) bond motifs is 6. The van der Waals surface area contributed by atoms with Crippen LogP contribution in [0.25, 0.3) is 11.2 Å². The summed E-state index contributed by atoms with van der Waals surface area (Å²) < 4.78 is 19.2. The summed E-state index contributed by atoms with van der Waals surface area (Å²) in [6.45, 7) is 5.27. The van der Waals surface area contributed by atoms with Crippen LogP contribution in [0.2, 0.25) is 0 Å². The summed E-state index contributed by atoms with van der Waals surface area (Å²) in [5.41, 5.74) is 5.84.